The van der Waals surface area contributed by atoms with Crippen molar-refractivity contribution in [2.24, 2.45) is 0 Å². The topological polar surface area (TPSA) is 65.5 Å². The summed E-state index contributed by atoms with van der Waals surface area (Å²) < 4.78 is 0. The van der Waals surface area contributed by atoms with Crippen LogP contribution in [0.4, 0.5) is 0 Å². The number of pyridine rings is 1. The Kier molecular flexibility index (Phi) is 4.07. The number of phenolic OH excluding ortho intramolecular Hbond substituents is 1. The number of piperazine rings is 1. The fraction of sp³-hybridized carbons (Fsp3) is 0.200. The third-order valence-corrected chi connectivity index (χ3v) is 4.56. The molecule has 0 atom stereocenters. The number of rotatable bonds is 2. The van der Waals surface area contributed by atoms with Gasteiger partial charge < -0.3 is 15.3 Å². The molecule has 4 rings (SSSR count). The van der Waals surface area contributed by atoms with Gasteiger partial charge in [0, 0.05) is 48.9 Å². The summed E-state index contributed by atoms with van der Waals surface area (Å²) in [5, 5.41) is 14.0. The molecule has 0 bridgehead atoms. The summed E-state index contributed by atoms with van der Waals surface area (Å²) in [5.41, 5.74) is 3.25. The molecule has 0 spiro atoms. The van der Waals surface area contributed by atoms with Gasteiger partial charge >= 0.3 is 0 Å². The SMILES string of the molecule is O=C(c1ccc(-c2cnc3c(O)cccc3c2)cc1)N1CCNCC1. The summed E-state index contributed by atoms with van der Waals surface area (Å²) in [4.78, 5) is 18.8. The number of nitrogens with zero attached hydrogens (tertiary/aromatic N) is 2. The van der Waals surface area contributed by atoms with Crippen LogP contribution in [0.15, 0.2) is 54.7 Å². The van der Waals surface area contributed by atoms with Crippen molar-refractivity contribution in [3.8, 4) is 16.9 Å². The van der Waals surface area contributed by atoms with E-state index in [4.69, 9.17) is 0 Å². The number of para-hydroxylation sites is 1. The molecule has 1 fully saturated rings. The second kappa shape index (κ2) is 6.53. The van der Waals surface area contributed by atoms with E-state index in [-0.39, 0.29) is 11.7 Å². The molecule has 126 valence electrons. The van der Waals surface area contributed by atoms with Crippen LogP contribution in [0.5, 0.6) is 5.75 Å². The van der Waals surface area contributed by atoms with Gasteiger partial charge in [0.2, 0.25) is 0 Å². The highest BCUT2D eigenvalue weighted by atomic mass is 16.3. The molecule has 1 aromatic heterocycles. The Balaban J connectivity index is 1.60. The second-order valence-electron chi connectivity index (χ2n) is 6.19. The molecule has 0 aliphatic carbocycles. The molecule has 5 nitrogen and oxygen atoms in total. The Morgan fingerprint density at radius 2 is 1.80 bits per heavy atom. The van der Waals surface area contributed by atoms with Crippen LogP contribution in [0.2, 0.25) is 0 Å². The van der Waals surface area contributed by atoms with E-state index in [2.05, 4.69) is 10.3 Å². The second-order valence-corrected chi connectivity index (χ2v) is 6.19. The predicted molar refractivity (Wildman–Crippen MR) is 97.6 cm³/mol. The number of phenols is 1. The number of hydrogen-bond donors (Lipinski definition) is 2. The number of carbonyl (C=O) groups excluding carboxylic acids is 1. The molecule has 1 saturated heterocycles. The number of benzene rings is 2. The highest BCUT2D eigenvalue weighted by Crippen LogP contribution is 2.27. The first kappa shape index (κ1) is 15.6. The zero-order chi connectivity index (χ0) is 17.2. The average Bonchev–Trinajstić information content (AvgIpc) is 2.68. The van der Waals surface area contributed by atoms with Gasteiger partial charge in [-0.15, -0.1) is 0 Å². The first-order valence-corrected chi connectivity index (χ1v) is 8.40. The van der Waals surface area contributed by atoms with Gasteiger partial charge in [-0.05, 0) is 29.8 Å². The highest BCUT2D eigenvalue weighted by molar-refractivity contribution is 5.95. The third kappa shape index (κ3) is 3.06. The number of amides is 1. The zero-order valence-electron chi connectivity index (χ0n) is 13.8. The summed E-state index contributed by atoms with van der Waals surface area (Å²) >= 11 is 0. The molecule has 0 saturated carbocycles. The van der Waals surface area contributed by atoms with Crippen molar-refractivity contribution in [3.63, 3.8) is 0 Å². The standard InChI is InChI=1S/C20H19N3O2/c24-18-3-1-2-16-12-17(13-22-19(16)18)14-4-6-15(7-5-14)20(25)23-10-8-21-9-11-23/h1-7,12-13,21,24H,8-11H2. The summed E-state index contributed by atoms with van der Waals surface area (Å²) in [6.07, 6.45) is 1.75. The quantitative estimate of drug-likeness (QED) is 0.757. The lowest BCUT2D eigenvalue weighted by Gasteiger charge is -2.27. The summed E-state index contributed by atoms with van der Waals surface area (Å²) in [6.45, 7) is 3.19. The molecule has 1 aliphatic heterocycles. The highest BCUT2D eigenvalue weighted by Gasteiger charge is 2.17. The van der Waals surface area contributed by atoms with Gasteiger partial charge in [-0.2, -0.15) is 0 Å². The first-order chi connectivity index (χ1) is 12.2. The van der Waals surface area contributed by atoms with Crippen molar-refractivity contribution >= 4 is 16.8 Å². The van der Waals surface area contributed by atoms with E-state index in [0.29, 0.717) is 11.1 Å². The molecule has 3 aromatic rings. The lowest BCUT2D eigenvalue weighted by atomic mass is 10.0. The fourth-order valence-corrected chi connectivity index (χ4v) is 3.16. The van der Waals surface area contributed by atoms with Crippen LogP contribution in [0.1, 0.15) is 10.4 Å². The molecular formula is C20H19N3O2. The van der Waals surface area contributed by atoms with Crippen LogP contribution in [0.3, 0.4) is 0 Å². The van der Waals surface area contributed by atoms with E-state index in [1.807, 2.05) is 41.3 Å². The largest absolute Gasteiger partial charge is 0.506 e. The predicted octanol–water partition coefficient (Wildman–Crippen LogP) is 2.65. The Labute approximate surface area is 145 Å². The summed E-state index contributed by atoms with van der Waals surface area (Å²) in [7, 11) is 0. The van der Waals surface area contributed by atoms with Crippen LogP contribution in [0, 0.1) is 0 Å². The smallest absolute Gasteiger partial charge is 0.253 e. The van der Waals surface area contributed by atoms with E-state index in [1.165, 1.54) is 0 Å². The Bertz CT molecular complexity index is 916. The normalized spacial score (nSPS) is 14.6. The molecule has 1 amide bonds. The van der Waals surface area contributed by atoms with Crippen LogP contribution in [-0.4, -0.2) is 47.1 Å². The van der Waals surface area contributed by atoms with E-state index < -0.39 is 0 Å². The molecular weight excluding hydrogens is 314 g/mol. The van der Waals surface area contributed by atoms with Gasteiger partial charge in [0.05, 0.1) is 0 Å². The van der Waals surface area contributed by atoms with Gasteiger partial charge in [-0.3, -0.25) is 9.78 Å². The maximum Gasteiger partial charge on any atom is 0.253 e. The minimum Gasteiger partial charge on any atom is -0.506 e. The van der Waals surface area contributed by atoms with Gasteiger partial charge in [-0.1, -0.05) is 24.3 Å². The zero-order valence-corrected chi connectivity index (χ0v) is 13.8. The lowest BCUT2D eigenvalue weighted by Crippen LogP contribution is -2.46. The lowest BCUT2D eigenvalue weighted by molar-refractivity contribution is 0.0736. The van der Waals surface area contributed by atoms with E-state index in [1.54, 1.807) is 18.3 Å². The minimum absolute atomic E-state index is 0.0783. The molecule has 25 heavy (non-hydrogen) atoms. The Morgan fingerprint density at radius 3 is 2.56 bits per heavy atom. The number of aromatic nitrogens is 1. The maximum atomic E-state index is 12.5. The van der Waals surface area contributed by atoms with Gasteiger partial charge in [0.1, 0.15) is 11.3 Å². The molecule has 0 unspecified atom stereocenters. The van der Waals surface area contributed by atoms with Crippen molar-refractivity contribution in [1.29, 1.82) is 0 Å². The van der Waals surface area contributed by atoms with Crippen molar-refractivity contribution in [2.45, 2.75) is 0 Å². The van der Waals surface area contributed by atoms with Crippen LogP contribution < -0.4 is 5.32 Å². The van der Waals surface area contributed by atoms with Crippen LogP contribution >= 0.6 is 0 Å². The number of nitrogens with one attached hydrogen (secondary N) is 1. The molecule has 2 aromatic carbocycles. The van der Waals surface area contributed by atoms with Gasteiger partial charge in [0.25, 0.3) is 5.91 Å². The van der Waals surface area contributed by atoms with E-state index in [9.17, 15) is 9.90 Å². The maximum absolute atomic E-state index is 12.5. The summed E-state index contributed by atoms with van der Waals surface area (Å²) in [5.74, 6) is 0.260. The van der Waals surface area contributed by atoms with Crippen LogP contribution in [0.25, 0.3) is 22.0 Å². The van der Waals surface area contributed by atoms with Crippen molar-refractivity contribution in [2.75, 3.05) is 26.2 Å². The average molecular weight is 333 g/mol. The van der Waals surface area contributed by atoms with E-state index in [0.717, 1.165) is 42.7 Å². The van der Waals surface area contributed by atoms with Crippen molar-refractivity contribution < 1.29 is 9.90 Å². The molecule has 5 heteroatoms. The Morgan fingerprint density at radius 1 is 1.04 bits per heavy atom. The number of fused-ring (bicyclic) bond motifs is 1. The number of aromatic hydroxyl groups is 1. The van der Waals surface area contributed by atoms with Crippen LogP contribution in [-0.2, 0) is 0 Å². The molecule has 2 heterocycles. The number of carbonyl (C=O) groups is 1. The fourth-order valence-electron chi connectivity index (χ4n) is 3.16. The third-order valence-electron chi connectivity index (χ3n) is 4.56. The molecule has 2 N–H and O–H groups in total. The van der Waals surface area contributed by atoms with Crippen molar-refractivity contribution in [3.05, 3.63) is 60.3 Å². The first-order valence-electron chi connectivity index (χ1n) is 8.40. The molecule has 0 radical (unpaired) electrons. The van der Waals surface area contributed by atoms with Crippen molar-refractivity contribution in [1.82, 2.24) is 15.2 Å². The van der Waals surface area contributed by atoms with Gasteiger partial charge in [-0.25, -0.2) is 0 Å². The monoisotopic (exact) mass is 333 g/mol. The molecule has 1 aliphatic rings. The number of hydrogen-bond acceptors (Lipinski definition) is 4. The van der Waals surface area contributed by atoms with E-state index >= 15 is 0 Å². The Hall–Kier alpha value is -2.92. The summed E-state index contributed by atoms with van der Waals surface area (Å²) in [6, 6.07) is 15.0. The minimum atomic E-state index is 0.0783. The van der Waals surface area contributed by atoms with Gasteiger partial charge in [0.15, 0.2) is 0 Å².